The minimum absolute atomic E-state index is 0.527. The quantitative estimate of drug-likeness (QED) is 0.843. The van der Waals surface area contributed by atoms with Crippen molar-refractivity contribution in [3.8, 4) is 0 Å². The first kappa shape index (κ1) is 10.8. The van der Waals surface area contributed by atoms with Crippen molar-refractivity contribution in [1.29, 1.82) is 0 Å². The van der Waals surface area contributed by atoms with Gasteiger partial charge in [-0.2, -0.15) is 0 Å². The highest BCUT2D eigenvalue weighted by Crippen LogP contribution is 2.15. The molecular weight excluding hydrogens is 236 g/mol. The van der Waals surface area contributed by atoms with E-state index >= 15 is 0 Å². The molecule has 1 aliphatic rings. The first-order valence-electron chi connectivity index (χ1n) is 5.57. The lowest BCUT2D eigenvalue weighted by molar-refractivity contribution is 0.207. The number of rotatable bonds is 3. The van der Waals surface area contributed by atoms with Gasteiger partial charge < -0.3 is 10.3 Å². The molecular formula is C10H14N6S. The average molecular weight is 250 g/mol. The van der Waals surface area contributed by atoms with Crippen LogP contribution in [0, 0.1) is 0 Å². The van der Waals surface area contributed by atoms with E-state index in [1.54, 1.807) is 17.7 Å². The van der Waals surface area contributed by atoms with Gasteiger partial charge in [-0.05, 0) is 0 Å². The van der Waals surface area contributed by atoms with E-state index < -0.39 is 0 Å². The van der Waals surface area contributed by atoms with Gasteiger partial charge in [-0.15, -0.1) is 21.5 Å². The third-order valence-electron chi connectivity index (χ3n) is 2.88. The van der Waals surface area contributed by atoms with Gasteiger partial charge in [-0.1, -0.05) is 0 Å². The van der Waals surface area contributed by atoms with E-state index in [9.17, 15) is 0 Å². The van der Waals surface area contributed by atoms with E-state index in [4.69, 9.17) is 5.73 Å². The third kappa shape index (κ3) is 2.21. The van der Waals surface area contributed by atoms with Gasteiger partial charge in [0.25, 0.3) is 0 Å². The van der Waals surface area contributed by atoms with Gasteiger partial charge >= 0.3 is 0 Å². The number of hydrogen-bond donors (Lipinski definition) is 1. The zero-order valence-electron chi connectivity index (χ0n) is 9.41. The molecule has 6 nitrogen and oxygen atoms in total. The molecule has 0 saturated heterocycles. The fourth-order valence-electron chi connectivity index (χ4n) is 2.00. The van der Waals surface area contributed by atoms with Gasteiger partial charge in [0.1, 0.15) is 17.2 Å². The fraction of sp³-hybridized carbons (Fsp3) is 0.500. The summed E-state index contributed by atoms with van der Waals surface area (Å²) in [7, 11) is 0. The Morgan fingerprint density at radius 3 is 3.18 bits per heavy atom. The summed E-state index contributed by atoms with van der Waals surface area (Å²) < 4.78 is 2.10. The highest BCUT2D eigenvalue weighted by Gasteiger charge is 2.18. The molecule has 0 bridgehead atoms. The lowest BCUT2D eigenvalue weighted by Gasteiger charge is -2.25. The molecule has 0 amide bonds. The fourth-order valence-corrected chi connectivity index (χ4v) is 2.66. The molecule has 2 aromatic rings. The Morgan fingerprint density at radius 2 is 2.35 bits per heavy atom. The molecule has 1 aliphatic heterocycles. The molecule has 2 N–H and O–H groups in total. The number of thiazole rings is 1. The predicted molar refractivity (Wildman–Crippen MR) is 64.1 cm³/mol. The molecule has 7 heteroatoms. The minimum atomic E-state index is 0.527. The normalized spacial score (nSPS) is 16.1. The smallest absolute Gasteiger partial charge is 0.147 e. The first-order valence-corrected chi connectivity index (χ1v) is 6.45. The van der Waals surface area contributed by atoms with Gasteiger partial charge in [-0.3, -0.25) is 4.90 Å². The van der Waals surface area contributed by atoms with Crippen molar-refractivity contribution >= 4 is 11.3 Å². The van der Waals surface area contributed by atoms with Crippen LogP contribution in [-0.2, 0) is 26.2 Å². The van der Waals surface area contributed by atoms with Crippen molar-refractivity contribution in [3.05, 3.63) is 28.2 Å². The highest BCUT2D eigenvalue weighted by molar-refractivity contribution is 7.09. The molecule has 0 atom stereocenters. The molecule has 90 valence electrons. The van der Waals surface area contributed by atoms with Gasteiger partial charge in [0.15, 0.2) is 0 Å². The van der Waals surface area contributed by atoms with Crippen LogP contribution in [-0.4, -0.2) is 31.2 Å². The summed E-state index contributed by atoms with van der Waals surface area (Å²) in [6.07, 6.45) is 1.79. The summed E-state index contributed by atoms with van der Waals surface area (Å²) in [5, 5.41) is 11.1. The van der Waals surface area contributed by atoms with Crippen molar-refractivity contribution in [2.24, 2.45) is 5.73 Å². The summed E-state index contributed by atoms with van der Waals surface area (Å²) in [5.41, 5.74) is 6.66. The number of hydrogen-bond acceptors (Lipinski definition) is 6. The van der Waals surface area contributed by atoms with Crippen LogP contribution in [0.4, 0.5) is 0 Å². The molecule has 0 fully saturated rings. The zero-order chi connectivity index (χ0) is 11.7. The van der Waals surface area contributed by atoms with Crippen LogP contribution in [0.1, 0.15) is 16.5 Å². The Bertz CT molecular complexity index is 504. The summed E-state index contributed by atoms with van der Waals surface area (Å²) in [5.74, 6) is 1.03. The van der Waals surface area contributed by atoms with Crippen LogP contribution in [0.2, 0.25) is 0 Å². The van der Waals surface area contributed by atoms with Gasteiger partial charge in [0.2, 0.25) is 0 Å². The molecule has 3 rings (SSSR count). The molecule has 0 unspecified atom stereocenters. The van der Waals surface area contributed by atoms with Crippen molar-refractivity contribution in [3.63, 3.8) is 0 Å². The third-order valence-corrected chi connectivity index (χ3v) is 3.80. The van der Waals surface area contributed by atoms with Crippen LogP contribution < -0.4 is 5.73 Å². The maximum Gasteiger partial charge on any atom is 0.147 e. The predicted octanol–water partition coefficient (Wildman–Crippen LogP) is 0.209. The molecule has 3 heterocycles. The summed E-state index contributed by atoms with van der Waals surface area (Å²) >= 11 is 1.63. The number of nitrogens with two attached hydrogens (primary N) is 1. The molecule has 2 aromatic heterocycles. The maximum absolute atomic E-state index is 5.56. The monoisotopic (exact) mass is 250 g/mol. The van der Waals surface area contributed by atoms with Crippen LogP contribution in [0.5, 0.6) is 0 Å². The second-order valence-corrected chi connectivity index (χ2v) is 5.03. The van der Waals surface area contributed by atoms with Crippen LogP contribution in [0.3, 0.4) is 0 Å². The number of aromatic nitrogens is 4. The van der Waals surface area contributed by atoms with Gasteiger partial charge in [0, 0.05) is 31.6 Å². The van der Waals surface area contributed by atoms with Crippen LogP contribution >= 0.6 is 11.3 Å². The Hall–Kier alpha value is -1.31. The van der Waals surface area contributed by atoms with Gasteiger partial charge in [-0.25, -0.2) is 4.98 Å². The number of nitrogens with zero attached hydrogens (tertiary/aromatic N) is 5. The summed E-state index contributed by atoms with van der Waals surface area (Å²) in [6.45, 7) is 4.20. The summed E-state index contributed by atoms with van der Waals surface area (Å²) in [6, 6.07) is 0. The molecule has 17 heavy (non-hydrogen) atoms. The number of fused-ring (bicyclic) bond motifs is 1. The lowest BCUT2D eigenvalue weighted by atomic mass is 10.3. The second kappa shape index (κ2) is 4.52. The minimum Gasteiger partial charge on any atom is -0.325 e. The van der Waals surface area contributed by atoms with Crippen molar-refractivity contribution < 1.29 is 0 Å². The molecule has 0 aromatic carbocycles. The SMILES string of the molecule is NCc1nc(CN2CCn3cnnc3C2)cs1. The highest BCUT2D eigenvalue weighted by atomic mass is 32.1. The molecule has 0 spiro atoms. The second-order valence-electron chi connectivity index (χ2n) is 4.09. The van der Waals surface area contributed by atoms with E-state index in [1.165, 1.54) is 0 Å². The molecule has 0 aliphatic carbocycles. The largest absolute Gasteiger partial charge is 0.325 e. The maximum atomic E-state index is 5.56. The van der Waals surface area contributed by atoms with E-state index in [0.717, 1.165) is 42.7 Å². The van der Waals surface area contributed by atoms with E-state index in [0.29, 0.717) is 6.54 Å². The lowest BCUT2D eigenvalue weighted by Crippen LogP contribution is -2.33. The average Bonchev–Trinajstić information content (AvgIpc) is 2.96. The van der Waals surface area contributed by atoms with Crippen molar-refractivity contribution in [2.75, 3.05) is 6.54 Å². The van der Waals surface area contributed by atoms with Crippen molar-refractivity contribution in [2.45, 2.75) is 26.2 Å². The van der Waals surface area contributed by atoms with Gasteiger partial charge in [0.05, 0.1) is 12.2 Å². The van der Waals surface area contributed by atoms with Crippen LogP contribution in [0.15, 0.2) is 11.7 Å². The van der Waals surface area contributed by atoms with Crippen LogP contribution in [0.25, 0.3) is 0 Å². The summed E-state index contributed by atoms with van der Waals surface area (Å²) in [4.78, 5) is 6.81. The first-order chi connectivity index (χ1) is 8.35. The van der Waals surface area contributed by atoms with E-state index in [-0.39, 0.29) is 0 Å². The standard InChI is InChI=1S/C10H14N6S/c11-3-10-13-8(6-17-10)4-15-1-2-16-7-12-14-9(16)5-15/h6-7H,1-5,11H2. The zero-order valence-corrected chi connectivity index (χ0v) is 10.2. The van der Waals surface area contributed by atoms with E-state index in [1.807, 2.05) is 0 Å². The Kier molecular flexibility index (Phi) is 2.87. The Morgan fingerprint density at radius 1 is 1.41 bits per heavy atom. The molecule has 0 saturated carbocycles. The topological polar surface area (TPSA) is 72.9 Å². The Labute approximate surface area is 103 Å². The van der Waals surface area contributed by atoms with Crippen molar-refractivity contribution in [1.82, 2.24) is 24.6 Å². The Balaban J connectivity index is 1.67. The van der Waals surface area contributed by atoms with E-state index in [2.05, 4.69) is 30.0 Å². The molecule has 0 radical (unpaired) electrons.